The molecule has 2 aromatic heterocycles. The van der Waals surface area contributed by atoms with E-state index in [1.54, 1.807) is 0 Å². The van der Waals surface area contributed by atoms with Gasteiger partial charge in [0.05, 0.1) is 22.1 Å². The van der Waals surface area contributed by atoms with Gasteiger partial charge in [-0.3, -0.25) is 9.13 Å². The number of anilines is 2. The number of aryl methyl sites for hydroxylation is 1. The fourth-order valence-corrected chi connectivity index (χ4v) is 6.71. The van der Waals surface area contributed by atoms with Crippen LogP contribution in [0.2, 0.25) is 0 Å². The van der Waals surface area contributed by atoms with Crippen molar-refractivity contribution < 1.29 is 5.11 Å². The molecule has 0 aliphatic carbocycles. The summed E-state index contributed by atoms with van der Waals surface area (Å²) in [6.45, 7) is 2.08. The van der Waals surface area contributed by atoms with Gasteiger partial charge in [0.15, 0.2) is 0 Å². The van der Waals surface area contributed by atoms with Crippen molar-refractivity contribution in [1.82, 2.24) is 19.1 Å². The van der Waals surface area contributed by atoms with Crippen molar-refractivity contribution in [2.75, 3.05) is 10.6 Å². The molecule has 0 bridgehead atoms. The van der Waals surface area contributed by atoms with Crippen LogP contribution in [0.1, 0.15) is 29.0 Å². The lowest BCUT2D eigenvalue weighted by atomic mass is 9.97. The molecule has 7 aromatic rings. The van der Waals surface area contributed by atoms with E-state index in [1.807, 2.05) is 60.7 Å². The molecule has 2 aliphatic heterocycles. The van der Waals surface area contributed by atoms with Crippen LogP contribution in [0.3, 0.4) is 0 Å². The highest BCUT2D eigenvalue weighted by atomic mass is 16.3. The first-order valence-electron chi connectivity index (χ1n) is 14.1. The summed E-state index contributed by atoms with van der Waals surface area (Å²) in [6.07, 6.45) is -0.730. The van der Waals surface area contributed by atoms with Gasteiger partial charge in [0.1, 0.15) is 29.7 Å². The SMILES string of the molecule is Cc1cc([C@H]2Nc3ccccc3-c3nc4ccccc4n32)c(O)c([C@@H]2Nc3ccccc3-c3nc4ccccc4n32)c1. The van der Waals surface area contributed by atoms with E-state index < -0.39 is 0 Å². The Balaban J connectivity index is 1.28. The van der Waals surface area contributed by atoms with E-state index in [4.69, 9.17) is 9.97 Å². The van der Waals surface area contributed by atoms with Gasteiger partial charge >= 0.3 is 0 Å². The number of imidazole rings is 2. The molecule has 0 unspecified atom stereocenters. The molecular weight excluding hydrogens is 520 g/mol. The summed E-state index contributed by atoms with van der Waals surface area (Å²) in [5, 5.41) is 19.7. The zero-order chi connectivity index (χ0) is 27.9. The third-order valence-electron chi connectivity index (χ3n) is 8.53. The van der Waals surface area contributed by atoms with Crippen molar-refractivity contribution in [3.8, 4) is 28.5 Å². The first-order chi connectivity index (χ1) is 20.7. The van der Waals surface area contributed by atoms with E-state index in [0.29, 0.717) is 0 Å². The van der Waals surface area contributed by atoms with Gasteiger partial charge in [0.25, 0.3) is 0 Å². The number of fused-ring (bicyclic) bond motifs is 10. The van der Waals surface area contributed by atoms with Crippen molar-refractivity contribution in [3.63, 3.8) is 0 Å². The molecule has 0 spiro atoms. The summed E-state index contributed by atoms with van der Waals surface area (Å²) in [6, 6.07) is 36.9. The van der Waals surface area contributed by atoms with Crippen LogP contribution in [0.25, 0.3) is 44.8 Å². The number of phenols is 1. The number of rotatable bonds is 2. The summed E-state index contributed by atoms with van der Waals surface area (Å²) in [5.74, 6) is 2.00. The molecule has 2 atom stereocenters. The van der Waals surface area contributed by atoms with Crippen molar-refractivity contribution >= 4 is 33.4 Å². The fraction of sp³-hybridized carbons (Fsp3) is 0.0857. The van der Waals surface area contributed by atoms with Gasteiger partial charge in [-0.15, -0.1) is 0 Å². The molecule has 0 amide bonds. The van der Waals surface area contributed by atoms with E-state index in [2.05, 4.69) is 75.2 Å². The van der Waals surface area contributed by atoms with Crippen LogP contribution in [-0.2, 0) is 0 Å². The van der Waals surface area contributed by atoms with Crippen molar-refractivity contribution in [3.05, 3.63) is 126 Å². The van der Waals surface area contributed by atoms with Gasteiger partial charge in [-0.2, -0.15) is 0 Å². The third kappa shape index (κ3) is 3.16. The monoisotopic (exact) mass is 546 g/mol. The molecule has 3 N–H and O–H groups in total. The fourth-order valence-electron chi connectivity index (χ4n) is 6.71. The molecule has 2 aliphatic rings. The molecule has 9 rings (SSSR count). The Morgan fingerprint density at radius 2 is 1.02 bits per heavy atom. The smallest absolute Gasteiger partial charge is 0.145 e. The second kappa shape index (κ2) is 8.47. The van der Waals surface area contributed by atoms with E-state index in [0.717, 1.165) is 72.9 Å². The van der Waals surface area contributed by atoms with Crippen LogP contribution in [0.4, 0.5) is 11.4 Å². The summed E-state index contributed by atoms with van der Waals surface area (Å²) >= 11 is 0. The minimum atomic E-state index is -0.365. The zero-order valence-electron chi connectivity index (χ0n) is 22.8. The van der Waals surface area contributed by atoms with Crippen molar-refractivity contribution in [2.24, 2.45) is 0 Å². The Kier molecular flexibility index (Phi) is 4.67. The van der Waals surface area contributed by atoms with Gasteiger partial charge < -0.3 is 15.7 Å². The molecule has 202 valence electrons. The Labute approximate surface area is 241 Å². The average Bonchev–Trinajstić information content (AvgIpc) is 3.61. The van der Waals surface area contributed by atoms with Crippen LogP contribution in [-0.4, -0.2) is 24.2 Å². The van der Waals surface area contributed by atoms with Crippen molar-refractivity contribution in [2.45, 2.75) is 19.3 Å². The summed E-state index contributed by atoms with van der Waals surface area (Å²) < 4.78 is 4.41. The van der Waals surface area contributed by atoms with E-state index >= 15 is 0 Å². The van der Waals surface area contributed by atoms with E-state index in [-0.39, 0.29) is 18.1 Å². The Hall–Kier alpha value is -5.56. The molecule has 0 saturated carbocycles. The molecule has 4 heterocycles. The van der Waals surface area contributed by atoms with Crippen molar-refractivity contribution in [1.29, 1.82) is 0 Å². The second-order valence-electron chi connectivity index (χ2n) is 11.1. The molecule has 0 radical (unpaired) electrons. The Morgan fingerprint density at radius 1 is 0.595 bits per heavy atom. The van der Waals surface area contributed by atoms with Gasteiger partial charge in [0.2, 0.25) is 0 Å². The first-order valence-corrected chi connectivity index (χ1v) is 14.1. The van der Waals surface area contributed by atoms with E-state index in [1.165, 1.54) is 0 Å². The standard InChI is InChI=1S/C35H26N6O/c1-20-18-23(34-36-25-12-4-2-10-21(25)32-38-27-14-6-8-16-29(27)40(32)34)31(42)24(19-20)35-37-26-13-5-3-11-22(26)33-39-28-15-7-9-17-30(28)41(33)35/h2-19,34-37,42H,1H3/t34-,35+. The topological polar surface area (TPSA) is 79.9 Å². The Bertz CT molecular complexity index is 2060. The van der Waals surface area contributed by atoms with Gasteiger partial charge in [-0.25, -0.2) is 9.97 Å². The lowest BCUT2D eigenvalue weighted by molar-refractivity contribution is 0.444. The third-order valence-corrected chi connectivity index (χ3v) is 8.53. The highest BCUT2D eigenvalue weighted by Crippen LogP contribution is 2.47. The molecule has 0 saturated heterocycles. The summed E-state index contributed by atoms with van der Waals surface area (Å²) in [5.41, 5.74) is 10.5. The lowest BCUT2D eigenvalue weighted by Gasteiger charge is -2.34. The maximum atomic E-state index is 12.2. The van der Waals surface area contributed by atoms with Crippen LogP contribution < -0.4 is 10.6 Å². The molecule has 42 heavy (non-hydrogen) atoms. The first kappa shape index (κ1) is 23.2. The van der Waals surface area contributed by atoms with Gasteiger partial charge in [-0.05, 0) is 67.6 Å². The number of para-hydroxylation sites is 6. The van der Waals surface area contributed by atoms with Crippen LogP contribution in [0.15, 0.2) is 109 Å². The number of aromatic nitrogens is 4. The maximum Gasteiger partial charge on any atom is 0.145 e. The quantitative estimate of drug-likeness (QED) is 0.207. The summed E-state index contributed by atoms with van der Waals surface area (Å²) in [4.78, 5) is 10.1. The predicted octanol–water partition coefficient (Wildman–Crippen LogP) is 7.68. The normalized spacial score (nSPS) is 16.7. The number of aromatic hydroxyl groups is 1. The molecule has 5 aromatic carbocycles. The largest absolute Gasteiger partial charge is 0.507 e. The zero-order valence-corrected chi connectivity index (χ0v) is 22.8. The number of nitrogens with zero attached hydrogens (tertiary/aromatic N) is 4. The Morgan fingerprint density at radius 3 is 1.52 bits per heavy atom. The van der Waals surface area contributed by atoms with Gasteiger partial charge in [-0.1, -0.05) is 54.1 Å². The predicted molar refractivity (Wildman–Crippen MR) is 167 cm³/mol. The molecule has 7 heteroatoms. The lowest BCUT2D eigenvalue weighted by Crippen LogP contribution is -2.27. The second-order valence-corrected chi connectivity index (χ2v) is 11.1. The van der Waals surface area contributed by atoms with Crippen LogP contribution in [0.5, 0.6) is 5.75 Å². The minimum absolute atomic E-state index is 0.238. The number of hydrogen-bond acceptors (Lipinski definition) is 5. The van der Waals surface area contributed by atoms with E-state index in [9.17, 15) is 5.11 Å². The van der Waals surface area contributed by atoms with Crippen LogP contribution in [0, 0.1) is 6.92 Å². The highest BCUT2D eigenvalue weighted by Gasteiger charge is 2.34. The van der Waals surface area contributed by atoms with Gasteiger partial charge in [0, 0.05) is 33.6 Å². The maximum absolute atomic E-state index is 12.2. The number of hydrogen-bond donors (Lipinski definition) is 3. The number of phenolic OH excluding ortho intramolecular Hbond substituents is 1. The summed E-state index contributed by atoms with van der Waals surface area (Å²) in [7, 11) is 0. The number of benzene rings is 5. The molecular formula is C35H26N6O. The minimum Gasteiger partial charge on any atom is -0.507 e. The molecule has 7 nitrogen and oxygen atoms in total. The van der Waals surface area contributed by atoms with Crippen LogP contribution >= 0.6 is 0 Å². The highest BCUT2D eigenvalue weighted by molar-refractivity contribution is 5.88. The molecule has 0 fully saturated rings. The average molecular weight is 547 g/mol. The number of nitrogens with one attached hydrogen (secondary N) is 2.